The van der Waals surface area contributed by atoms with Crippen LogP contribution < -0.4 is 11.1 Å². The van der Waals surface area contributed by atoms with Gasteiger partial charge in [-0.1, -0.05) is 23.3 Å². The molecule has 2 aromatic heterocycles. The van der Waals surface area contributed by atoms with Crippen LogP contribution in [0.3, 0.4) is 0 Å². The van der Waals surface area contributed by atoms with Gasteiger partial charge >= 0.3 is 6.01 Å². The quantitative estimate of drug-likeness (QED) is 0.764. The lowest BCUT2D eigenvalue weighted by atomic mass is 10.2. The average Bonchev–Trinajstić information content (AvgIpc) is 3.04. The highest BCUT2D eigenvalue weighted by atomic mass is 32.1. The van der Waals surface area contributed by atoms with Gasteiger partial charge in [0.05, 0.1) is 4.88 Å². The number of benzene rings is 1. The molecule has 0 fully saturated rings. The molecule has 3 N–H and O–H groups in total. The van der Waals surface area contributed by atoms with Gasteiger partial charge in [-0.3, -0.25) is 4.79 Å². The molecule has 6 nitrogen and oxygen atoms in total. The molecule has 3 aromatic rings. The minimum Gasteiger partial charge on any atom is -0.408 e. The van der Waals surface area contributed by atoms with Crippen molar-refractivity contribution in [1.82, 2.24) is 15.5 Å². The van der Waals surface area contributed by atoms with E-state index in [2.05, 4.69) is 15.5 Å². The molecule has 0 aliphatic rings. The minimum atomic E-state index is -0.0984. The van der Waals surface area contributed by atoms with Gasteiger partial charge in [0.1, 0.15) is 0 Å². The molecule has 0 aliphatic carbocycles. The van der Waals surface area contributed by atoms with Crippen LogP contribution in [0.5, 0.6) is 0 Å². The van der Waals surface area contributed by atoms with Crippen molar-refractivity contribution in [3.63, 3.8) is 0 Å². The smallest absolute Gasteiger partial charge is 0.312 e. The van der Waals surface area contributed by atoms with Crippen LogP contribution in [0.1, 0.15) is 15.6 Å². The average molecular weight is 288 g/mol. The fourth-order valence-electron chi connectivity index (χ4n) is 1.83. The van der Waals surface area contributed by atoms with Crippen molar-refractivity contribution in [2.75, 3.05) is 12.3 Å². The Hall–Kier alpha value is -2.41. The Morgan fingerprint density at radius 3 is 2.95 bits per heavy atom. The molecule has 0 spiro atoms. The van der Waals surface area contributed by atoms with E-state index in [4.69, 9.17) is 10.2 Å². The number of hydrogen-bond donors (Lipinski definition) is 2. The molecule has 0 atom stereocenters. The van der Waals surface area contributed by atoms with Gasteiger partial charge in [-0.2, -0.15) is 0 Å². The lowest BCUT2D eigenvalue weighted by molar-refractivity contribution is 0.0957. The third kappa shape index (κ3) is 2.62. The summed E-state index contributed by atoms with van der Waals surface area (Å²) in [6, 6.07) is 9.83. The van der Waals surface area contributed by atoms with Gasteiger partial charge in [-0.25, -0.2) is 0 Å². The van der Waals surface area contributed by atoms with E-state index in [0.29, 0.717) is 23.7 Å². The summed E-state index contributed by atoms with van der Waals surface area (Å²) < 4.78 is 6.13. The van der Waals surface area contributed by atoms with Gasteiger partial charge in [0.25, 0.3) is 5.91 Å². The van der Waals surface area contributed by atoms with Crippen LogP contribution in [0.15, 0.2) is 34.7 Å². The second-order valence-corrected chi connectivity index (χ2v) is 5.27. The third-order valence-corrected chi connectivity index (χ3v) is 3.87. The fourth-order valence-corrected chi connectivity index (χ4v) is 2.81. The molecule has 20 heavy (non-hydrogen) atoms. The zero-order valence-corrected chi connectivity index (χ0v) is 11.3. The van der Waals surface area contributed by atoms with Gasteiger partial charge in [0.2, 0.25) is 5.89 Å². The third-order valence-electron chi connectivity index (χ3n) is 2.76. The van der Waals surface area contributed by atoms with Crippen LogP contribution >= 0.6 is 11.3 Å². The van der Waals surface area contributed by atoms with Crippen molar-refractivity contribution < 1.29 is 9.21 Å². The van der Waals surface area contributed by atoms with E-state index >= 15 is 0 Å². The summed E-state index contributed by atoms with van der Waals surface area (Å²) in [7, 11) is 0. The minimum absolute atomic E-state index is 0.0378. The Balaban J connectivity index is 1.61. The zero-order valence-electron chi connectivity index (χ0n) is 10.5. The summed E-state index contributed by atoms with van der Waals surface area (Å²) in [5.41, 5.74) is 5.32. The highest BCUT2D eigenvalue weighted by molar-refractivity contribution is 7.20. The van der Waals surface area contributed by atoms with Crippen LogP contribution in [-0.4, -0.2) is 22.6 Å². The Kier molecular flexibility index (Phi) is 3.34. The Morgan fingerprint density at radius 2 is 2.20 bits per heavy atom. The number of nitrogens with one attached hydrogen (secondary N) is 1. The van der Waals surface area contributed by atoms with Gasteiger partial charge < -0.3 is 15.5 Å². The number of carbonyl (C=O) groups is 1. The molecule has 0 saturated carbocycles. The van der Waals surface area contributed by atoms with Gasteiger partial charge in [0, 0.05) is 17.7 Å². The maximum atomic E-state index is 12.0. The monoisotopic (exact) mass is 288 g/mol. The number of rotatable bonds is 4. The molecule has 0 radical (unpaired) electrons. The van der Waals surface area contributed by atoms with Crippen molar-refractivity contribution in [1.29, 1.82) is 0 Å². The predicted molar refractivity (Wildman–Crippen MR) is 76.6 cm³/mol. The maximum Gasteiger partial charge on any atom is 0.312 e. The van der Waals surface area contributed by atoms with E-state index in [1.54, 1.807) is 0 Å². The van der Waals surface area contributed by atoms with Gasteiger partial charge in [-0.15, -0.1) is 16.4 Å². The maximum absolute atomic E-state index is 12.0. The van der Waals surface area contributed by atoms with E-state index in [9.17, 15) is 4.79 Å². The topological polar surface area (TPSA) is 94.0 Å². The number of thiophene rings is 1. The lowest BCUT2D eigenvalue weighted by Crippen LogP contribution is -2.24. The molecule has 0 bridgehead atoms. The number of fused-ring (bicyclic) bond motifs is 1. The van der Waals surface area contributed by atoms with E-state index < -0.39 is 0 Å². The summed E-state index contributed by atoms with van der Waals surface area (Å²) >= 11 is 1.47. The number of amides is 1. The van der Waals surface area contributed by atoms with Crippen LogP contribution in [0.2, 0.25) is 0 Å². The first-order valence-electron chi connectivity index (χ1n) is 6.07. The second kappa shape index (κ2) is 5.30. The van der Waals surface area contributed by atoms with Crippen LogP contribution in [0, 0.1) is 0 Å². The first-order valence-corrected chi connectivity index (χ1v) is 6.88. The van der Waals surface area contributed by atoms with Crippen molar-refractivity contribution in [2.45, 2.75) is 6.42 Å². The summed E-state index contributed by atoms with van der Waals surface area (Å²) in [6.07, 6.45) is 0.459. The number of carbonyl (C=O) groups excluding carboxylic acids is 1. The normalized spacial score (nSPS) is 10.8. The molecule has 7 heteroatoms. The van der Waals surface area contributed by atoms with E-state index in [1.165, 1.54) is 11.3 Å². The second-order valence-electron chi connectivity index (χ2n) is 4.19. The molecule has 3 rings (SSSR count). The molecule has 2 heterocycles. The van der Waals surface area contributed by atoms with Gasteiger partial charge in [0.15, 0.2) is 0 Å². The highest BCUT2D eigenvalue weighted by Crippen LogP contribution is 2.24. The van der Waals surface area contributed by atoms with Crippen molar-refractivity contribution in [3.05, 3.63) is 41.1 Å². The van der Waals surface area contributed by atoms with Crippen molar-refractivity contribution >= 4 is 33.3 Å². The largest absolute Gasteiger partial charge is 0.408 e. The van der Waals surface area contributed by atoms with Crippen LogP contribution in [0.4, 0.5) is 6.01 Å². The van der Waals surface area contributed by atoms with Crippen molar-refractivity contribution in [3.8, 4) is 0 Å². The van der Waals surface area contributed by atoms with E-state index in [1.807, 2.05) is 30.3 Å². The summed E-state index contributed by atoms with van der Waals surface area (Å²) in [5.74, 6) is 0.317. The SMILES string of the molecule is Nc1nnc(CCNC(=O)c2cc3ccccc3s2)o1. The standard InChI is InChI=1S/C13H12N4O2S/c14-13-17-16-11(19-13)5-6-15-12(18)10-7-8-3-1-2-4-9(8)20-10/h1-4,7H,5-6H2,(H2,14,17)(H,15,18). The predicted octanol–water partition coefficient (Wildman–Crippen LogP) is 1.84. The first-order chi connectivity index (χ1) is 9.72. The van der Waals surface area contributed by atoms with Crippen molar-refractivity contribution in [2.24, 2.45) is 0 Å². The number of nitrogens with zero attached hydrogens (tertiary/aromatic N) is 2. The van der Waals surface area contributed by atoms with Gasteiger partial charge in [-0.05, 0) is 17.5 Å². The molecule has 0 unspecified atom stereocenters. The van der Waals surface area contributed by atoms with E-state index in [0.717, 1.165) is 10.1 Å². The number of nitrogens with two attached hydrogens (primary N) is 1. The Morgan fingerprint density at radius 1 is 1.35 bits per heavy atom. The summed E-state index contributed by atoms with van der Waals surface area (Å²) in [4.78, 5) is 12.7. The molecule has 1 aromatic carbocycles. The molecule has 1 amide bonds. The number of hydrogen-bond acceptors (Lipinski definition) is 6. The van der Waals surface area contributed by atoms with Crippen LogP contribution in [0.25, 0.3) is 10.1 Å². The molecule has 0 aliphatic heterocycles. The Bertz CT molecular complexity index is 717. The molecular weight excluding hydrogens is 276 g/mol. The van der Waals surface area contributed by atoms with E-state index in [-0.39, 0.29) is 11.9 Å². The Labute approximate surface area is 118 Å². The summed E-state index contributed by atoms with van der Waals surface area (Å²) in [5, 5.41) is 11.2. The lowest BCUT2D eigenvalue weighted by Gasteiger charge is -2.00. The molecule has 0 saturated heterocycles. The number of nitrogen functional groups attached to an aromatic ring is 1. The molecule has 102 valence electrons. The molecular formula is C13H12N4O2S. The highest BCUT2D eigenvalue weighted by Gasteiger charge is 2.10. The fraction of sp³-hybridized carbons (Fsp3) is 0.154. The first kappa shape index (κ1) is 12.6. The van der Waals surface area contributed by atoms with Crippen LogP contribution in [-0.2, 0) is 6.42 Å². The number of anilines is 1. The zero-order chi connectivity index (χ0) is 13.9. The number of aromatic nitrogens is 2. The summed E-state index contributed by atoms with van der Waals surface area (Å²) in [6.45, 7) is 0.425.